The van der Waals surface area contributed by atoms with Crippen molar-refractivity contribution in [3.05, 3.63) is 0 Å². The zero-order valence-electron chi connectivity index (χ0n) is 10.1. The number of rotatable bonds is 6. The van der Waals surface area contributed by atoms with Crippen LogP contribution in [0.3, 0.4) is 0 Å². The van der Waals surface area contributed by atoms with Gasteiger partial charge in [0.05, 0.1) is 12.2 Å². The Morgan fingerprint density at radius 1 is 1.36 bits per heavy atom. The lowest BCUT2D eigenvalue weighted by Crippen LogP contribution is -2.38. The summed E-state index contributed by atoms with van der Waals surface area (Å²) in [5, 5.41) is 3.58. The summed E-state index contributed by atoms with van der Waals surface area (Å²) < 4.78 is 5.83. The second kappa shape index (κ2) is 5.13. The van der Waals surface area contributed by atoms with Crippen LogP contribution < -0.4 is 5.32 Å². The van der Waals surface area contributed by atoms with Gasteiger partial charge in [-0.3, -0.25) is 0 Å². The molecule has 0 spiro atoms. The third kappa shape index (κ3) is 4.97. The molecule has 1 N–H and O–H groups in total. The Morgan fingerprint density at radius 3 is 2.43 bits per heavy atom. The SMILES string of the molecule is CCCNC(COC(C)(C)C)C1CC1. The van der Waals surface area contributed by atoms with E-state index in [1.54, 1.807) is 0 Å². The van der Waals surface area contributed by atoms with Crippen molar-refractivity contribution in [1.29, 1.82) is 0 Å². The molecule has 84 valence electrons. The Labute approximate surface area is 88.4 Å². The maximum Gasteiger partial charge on any atom is 0.0629 e. The fourth-order valence-corrected chi connectivity index (χ4v) is 1.53. The van der Waals surface area contributed by atoms with Gasteiger partial charge in [-0.1, -0.05) is 6.92 Å². The summed E-state index contributed by atoms with van der Waals surface area (Å²) >= 11 is 0. The van der Waals surface area contributed by atoms with Crippen LogP contribution in [0.15, 0.2) is 0 Å². The molecule has 2 heteroatoms. The van der Waals surface area contributed by atoms with E-state index < -0.39 is 0 Å². The molecule has 1 aliphatic rings. The second-order valence-corrected chi connectivity index (χ2v) is 5.32. The van der Waals surface area contributed by atoms with E-state index in [0.717, 1.165) is 19.1 Å². The van der Waals surface area contributed by atoms with E-state index >= 15 is 0 Å². The minimum absolute atomic E-state index is 0.00103. The van der Waals surface area contributed by atoms with Crippen LogP contribution in [0.5, 0.6) is 0 Å². The number of nitrogens with one attached hydrogen (secondary N) is 1. The smallest absolute Gasteiger partial charge is 0.0629 e. The van der Waals surface area contributed by atoms with Crippen molar-refractivity contribution in [2.24, 2.45) is 5.92 Å². The lowest BCUT2D eigenvalue weighted by Gasteiger charge is -2.25. The zero-order chi connectivity index (χ0) is 10.6. The molecule has 0 heterocycles. The van der Waals surface area contributed by atoms with Crippen LogP contribution in [-0.2, 0) is 4.74 Å². The van der Waals surface area contributed by atoms with Gasteiger partial charge in [-0.05, 0) is 52.5 Å². The van der Waals surface area contributed by atoms with Crippen molar-refractivity contribution in [2.75, 3.05) is 13.2 Å². The van der Waals surface area contributed by atoms with Crippen molar-refractivity contribution >= 4 is 0 Å². The van der Waals surface area contributed by atoms with Crippen LogP contribution in [0.1, 0.15) is 47.0 Å². The van der Waals surface area contributed by atoms with Crippen molar-refractivity contribution in [3.8, 4) is 0 Å². The third-order valence-electron chi connectivity index (χ3n) is 2.54. The lowest BCUT2D eigenvalue weighted by atomic mass is 10.1. The molecule has 1 saturated carbocycles. The van der Waals surface area contributed by atoms with Gasteiger partial charge in [0.15, 0.2) is 0 Å². The lowest BCUT2D eigenvalue weighted by molar-refractivity contribution is -0.0171. The van der Waals surface area contributed by atoms with E-state index in [1.165, 1.54) is 19.3 Å². The van der Waals surface area contributed by atoms with E-state index in [2.05, 4.69) is 33.0 Å². The molecule has 0 saturated heterocycles. The van der Waals surface area contributed by atoms with E-state index in [0.29, 0.717) is 6.04 Å². The average molecular weight is 199 g/mol. The summed E-state index contributed by atoms with van der Waals surface area (Å²) in [6.45, 7) is 10.6. The molecule has 0 amide bonds. The summed E-state index contributed by atoms with van der Waals surface area (Å²) in [5.41, 5.74) is 0.00103. The first-order chi connectivity index (χ1) is 6.53. The molecule has 1 fully saturated rings. The van der Waals surface area contributed by atoms with E-state index in [-0.39, 0.29) is 5.60 Å². The molecule has 0 aromatic carbocycles. The Balaban J connectivity index is 2.21. The first-order valence-corrected chi connectivity index (χ1v) is 5.90. The largest absolute Gasteiger partial charge is 0.374 e. The third-order valence-corrected chi connectivity index (χ3v) is 2.54. The van der Waals surface area contributed by atoms with Crippen molar-refractivity contribution in [3.63, 3.8) is 0 Å². The minimum atomic E-state index is 0.00103. The van der Waals surface area contributed by atoms with Crippen LogP contribution in [0.25, 0.3) is 0 Å². The minimum Gasteiger partial charge on any atom is -0.374 e. The van der Waals surface area contributed by atoms with Gasteiger partial charge in [0.2, 0.25) is 0 Å². The highest BCUT2D eigenvalue weighted by atomic mass is 16.5. The normalized spacial score (nSPS) is 19.7. The maximum atomic E-state index is 5.83. The topological polar surface area (TPSA) is 21.3 Å². The van der Waals surface area contributed by atoms with Gasteiger partial charge in [-0.2, -0.15) is 0 Å². The van der Waals surface area contributed by atoms with E-state index in [4.69, 9.17) is 4.74 Å². The van der Waals surface area contributed by atoms with Gasteiger partial charge in [0, 0.05) is 6.04 Å². The summed E-state index contributed by atoms with van der Waals surface area (Å²) in [6.07, 6.45) is 3.97. The van der Waals surface area contributed by atoms with Crippen LogP contribution in [-0.4, -0.2) is 24.8 Å². The van der Waals surface area contributed by atoms with Crippen molar-refractivity contribution < 1.29 is 4.74 Å². The Hall–Kier alpha value is -0.0800. The summed E-state index contributed by atoms with van der Waals surface area (Å²) in [6, 6.07) is 0.592. The first kappa shape index (κ1) is 12.0. The average Bonchev–Trinajstić information content (AvgIpc) is 2.86. The van der Waals surface area contributed by atoms with Gasteiger partial charge in [-0.25, -0.2) is 0 Å². The number of hydrogen-bond donors (Lipinski definition) is 1. The standard InChI is InChI=1S/C12H25NO/c1-5-8-13-11(10-6-7-10)9-14-12(2,3)4/h10-11,13H,5-9H2,1-4H3. The van der Waals surface area contributed by atoms with Crippen LogP contribution in [0.4, 0.5) is 0 Å². The van der Waals surface area contributed by atoms with Crippen LogP contribution in [0, 0.1) is 5.92 Å². The van der Waals surface area contributed by atoms with Gasteiger partial charge in [0.1, 0.15) is 0 Å². The quantitative estimate of drug-likeness (QED) is 0.710. The van der Waals surface area contributed by atoms with Crippen LogP contribution >= 0.6 is 0 Å². The second-order valence-electron chi connectivity index (χ2n) is 5.32. The maximum absolute atomic E-state index is 5.83. The summed E-state index contributed by atoms with van der Waals surface area (Å²) in [5.74, 6) is 0.879. The van der Waals surface area contributed by atoms with Gasteiger partial charge < -0.3 is 10.1 Å². The number of hydrogen-bond acceptors (Lipinski definition) is 2. The Morgan fingerprint density at radius 2 is 2.00 bits per heavy atom. The van der Waals surface area contributed by atoms with Crippen molar-refractivity contribution in [1.82, 2.24) is 5.32 Å². The van der Waals surface area contributed by atoms with Crippen molar-refractivity contribution in [2.45, 2.75) is 58.6 Å². The molecule has 2 nitrogen and oxygen atoms in total. The van der Waals surface area contributed by atoms with E-state index in [9.17, 15) is 0 Å². The zero-order valence-corrected chi connectivity index (χ0v) is 10.1. The summed E-state index contributed by atoms with van der Waals surface area (Å²) in [7, 11) is 0. The molecule has 0 aromatic heterocycles. The predicted octanol–water partition coefficient (Wildman–Crippen LogP) is 2.58. The fraction of sp³-hybridized carbons (Fsp3) is 1.00. The van der Waals surface area contributed by atoms with Crippen LogP contribution in [0.2, 0.25) is 0 Å². The molecule has 0 aliphatic heterocycles. The summed E-state index contributed by atoms with van der Waals surface area (Å²) in [4.78, 5) is 0. The Kier molecular flexibility index (Phi) is 4.39. The molecule has 1 atom stereocenters. The highest BCUT2D eigenvalue weighted by Gasteiger charge is 2.31. The molecular weight excluding hydrogens is 174 g/mol. The molecule has 1 aliphatic carbocycles. The molecular formula is C12H25NO. The molecule has 14 heavy (non-hydrogen) atoms. The number of ether oxygens (including phenoxy) is 1. The van der Waals surface area contributed by atoms with Gasteiger partial charge >= 0.3 is 0 Å². The monoisotopic (exact) mass is 199 g/mol. The highest BCUT2D eigenvalue weighted by Crippen LogP contribution is 2.33. The first-order valence-electron chi connectivity index (χ1n) is 5.90. The van der Waals surface area contributed by atoms with Gasteiger partial charge in [0.25, 0.3) is 0 Å². The fourth-order valence-electron chi connectivity index (χ4n) is 1.53. The highest BCUT2D eigenvalue weighted by molar-refractivity contribution is 4.86. The molecule has 0 bridgehead atoms. The van der Waals surface area contributed by atoms with Gasteiger partial charge in [-0.15, -0.1) is 0 Å². The molecule has 0 radical (unpaired) electrons. The molecule has 1 unspecified atom stereocenters. The molecule has 1 rings (SSSR count). The Bertz CT molecular complexity index is 158. The van der Waals surface area contributed by atoms with E-state index in [1.807, 2.05) is 0 Å². The molecule has 0 aromatic rings. The predicted molar refractivity (Wildman–Crippen MR) is 60.5 cm³/mol.